The van der Waals surface area contributed by atoms with Crippen LogP contribution in [0, 0.1) is 12.8 Å². The van der Waals surface area contributed by atoms with Crippen LogP contribution in [0.3, 0.4) is 0 Å². The van der Waals surface area contributed by atoms with Gasteiger partial charge < -0.3 is 10.2 Å². The molecule has 1 heterocycles. The Morgan fingerprint density at radius 1 is 1.52 bits per heavy atom. The molecule has 1 N–H and O–H groups in total. The van der Waals surface area contributed by atoms with Crippen LogP contribution in [0.5, 0.6) is 0 Å². The molecular formula is C17H31N3S. The summed E-state index contributed by atoms with van der Waals surface area (Å²) in [7, 11) is 4.52. The zero-order valence-corrected chi connectivity index (χ0v) is 15.1. The van der Waals surface area contributed by atoms with Crippen molar-refractivity contribution in [3.8, 4) is 0 Å². The normalized spacial score (nSPS) is 28.0. The van der Waals surface area contributed by atoms with E-state index in [-0.39, 0.29) is 5.54 Å². The highest BCUT2D eigenvalue weighted by molar-refractivity contribution is 7.09. The highest BCUT2D eigenvalue weighted by Gasteiger charge is 2.43. The van der Waals surface area contributed by atoms with Crippen LogP contribution in [0.15, 0.2) is 5.38 Å². The fourth-order valence-electron chi connectivity index (χ4n) is 4.01. The lowest BCUT2D eigenvalue weighted by Crippen LogP contribution is -2.61. The van der Waals surface area contributed by atoms with Crippen LogP contribution < -0.4 is 5.32 Å². The minimum Gasteiger partial charge on any atom is -0.312 e. The summed E-state index contributed by atoms with van der Waals surface area (Å²) in [4.78, 5) is 7.18. The van der Waals surface area contributed by atoms with Crippen molar-refractivity contribution >= 4 is 11.3 Å². The average Bonchev–Trinajstić information content (AvgIpc) is 2.83. The molecule has 1 aliphatic carbocycles. The van der Waals surface area contributed by atoms with E-state index >= 15 is 0 Å². The van der Waals surface area contributed by atoms with E-state index in [1.807, 2.05) is 0 Å². The molecule has 1 aromatic heterocycles. The Morgan fingerprint density at radius 2 is 2.29 bits per heavy atom. The molecule has 0 spiro atoms. The zero-order chi connectivity index (χ0) is 15.5. The van der Waals surface area contributed by atoms with Gasteiger partial charge in [-0.25, -0.2) is 4.98 Å². The molecule has 0 bridgehead atoms. The summed E-state index contributed by atoms with van der Waals surface area (Å²) in [5.74, 6) is 0.819. The summed E-state index contributed by atoms with van der Waals surface area (Å²) in [5.41, 5.74) is 1.52. The van der Waals surface area contributed by atoms with E-state index in [1.165, 1.54) is 36.4 Å². The monoisotopic (exact) mass is 309 g/mol. The van der Waals surface area contributed by atoms with Gasteiger partial charge in [-0.05, 0) is 46.3 Å². The lowest BCUT2D eigenvalue weighted by Gasteiger charge is -2.50. The maximum atomic E-state index is 4.70. The summed E-state index contributed by atoms with van der Waals surface area (Å²) in [6.07, 6.45) is 6.36. The molecule has 3 nitrogen and oxygen atoms in total. The average molecular weight is 310 g/mol. The van der Waals surface area contributed by atoms with Gasteiger partial charge in [0.1, 0.15) is 0 Å². The molecule has 3 atom stereocenters. The molecule has 0 aromatic carbocycles. The van der Waals surface area contributed by atoms with E-state index in [0.29, 0.717) is 6.04 Å². The molecule has 120 valence electrons. The van der Waals surface area contributed by atoms with Crippen molar-refractivity contribution < 1.29 is 0 Å². The van der Waals surface area contributed by atoms with Gasteiger partial charge in [0, 0.05) is 23.4 Å². The predicted octanol–water partition coefficient (Wildman–Crippen LogP) is 3.48. The van der Waals surface area contributed by atoms with E-state index in [0.717, 1.165) is 18.9 Å². The fraction of sp³-hybridized carbons (Fsp3) is 0.824. The lowest BCUT2D eigenvalue weighted by molar-refractivity contribution is 0.0376. The van der Waals surface area contributed by atoms with Crippen molar-refractivity contribution in [3.05, 3.63) is 16.1 Å². The first-order valence-corrected chi connectivity index (χ1v) is 9.17. The Bertz CT molecular complexity index is 443. The van der Waals surface area contributed by atoms with Crippen molar-refractivity contribution in [3.63, 3.8) is 0 Å². The second-order valence-corrected chi connectivity index (χ2v) is 7.93. The van der Waals surface area contributed by atoms with Gasteiger partial charge in [-0.1, -0.05) is 26.7 Å². The van der Waals surface area contributed by atoms with E-state index in [4.69, 9.17) is 4.98 Å². The largest absolute Gasteiger partial charge is 0.312 e. The van der Waals surface area contributed by atoms with Crippen LogP contribution in [0.1, 0.15) is 50.2 Å². The molecule has 3 unspecified atom stereocenters. The van der Waals surface area contributed by atoms with Crippen molar-refractivity contribution in [1.82, 2.24) is 15.2 Å². The van der Waals surface area contributed by atoms with Crippen molar-refractivity contribution in [2.75, 3.05) is 20.6 Å². The van der Waals surface area contributed by atoms with Crippen LogP contribution in [0.25, 0.3) is 0 Å². The molecule has 0 saturated heterocycles. The van der Waals surface area contributed by atoms with Gasteiger partial charge in [0.15, 0.2) is 0 Å². The van der Waals surface area contributed by atoms with E-state index in [1.54, 1.807) is 11.3 Å². The Hall–Kier alpha value is -0.450. The number of aromatic nitrogens is 1. The number of nitrogens with one attached hydrogen (secondary N) is 1. The summed E-state index contributed by atoms with van der Waals surface area (Å²) < 4.78 is 0. The fourth-order valence-corrected chi connectivity index (χ4v) is 4.63. The third kappa shape index (κ3) is 3.85. The Balaban J connectivity index is 2.23. The highest BCUT2D eigenvalue weighted by Crippen LogP contribution is 2.39. The topological polar surface area (TPSA) is 28.2 Å². The van der Waals surface area contributed by atoms with Crippen LogP contribution in [-0.4, -0.2) is 42.1 Å². The molecule has 0 radical (unpaired) electrons. The number of thiazole rings is 1. The minimum atomic E-state index is 0.269. The second-order valence-electron chi connectivity index (χ2n) is 6.87. The zero-order valence-electron chi connectivity index (χ0n) is 14.3. The summed E-state index contributed by atoms with van der Waals surface area (Å²) in [6.45, 7) is 7.75. The second kappa shape index (κ2) is 7.21. The molecule has 1 saturated carbocycles. The number of likely N-dealkylation sites (N-methyl/N-ethyl adjacent to an activating group) is 2. The van der Waals surface area contributed by atoms with Crippen LogP contribution in [0.2, 0.25) is 0 Å². The van der Waals surface area contributed by atoms with Gasteiger partial charge in [-0.2, -0.15) is 0 Å². The maximum Gasteiger partial charge on any atom is 0.0897 e. The number of rotatable bonds is 6. The maximum absolute atomic E-state index is 4.70. The predicted molar refractivity (Wildman–Crippen MR) is 92.1 cm³/mol. The smallest absolute Gasteiger partial charge is 0.0897 e. The molecule has 0 aliphatic heterocycles. The molecule has 1 aromatic rings. The summed E-state index contributed by atoms with van der Waals surface area (Å²) in [5, 5.41) is 7.18. The molecule has 4 heteroatoms. The third-order valence-corrected chi connectivity index (χ3v) is 5.90. The molecule has 21 heavy (non-hydrogen) atoms. The Morgan fingerprint density at radius 3 is 2.81 bits per heavy atom. The lowest BCUT2D eigenvalue weighted by atomic mass is 9.70. The van der Waals surface area contributed by atoms with Gasteiger partial charge in [0.25, 0.3) is 0 Å². The van der Waals surface area contributed by atoms with Gasteiger partial charge >= 0.3 is 0 Å². The highest BCUT2D eigenvalue weighted by atomic mass is 32.1. The number of aryl methyl sites for hydroxylation is 1. The van der Waals surface area contributed by atoms with Crippen LogP contribution in [-0.2, 0) is 6.42 Å². The Labute approximate surface area is 134 Å². The van der Waals surface area contributed by atoms with Crippen molar-refractivity contribution in [2.45, 2.75) is 64.5 Å². The van der Waals surface area contributed by atoms with Crippen molar-refractivity contribution in [2.24, 2.45) is 5.92 Å². The Kier molecular flexibility index (Phi) is 5.81. The van der Waals surface area contributed by atoms with E-state index < -0.39 is 0 Å². The first kappa shape index (κ1) is 16.9. The molecule has 0 amide bonds. The minimum absolute atomic E-state index is 0.269. The molecular weight excluding hydrogens is 278 g/mol. The van der Waals surface area contributed by atoms with Crippen molar-refractivity contribution in [1.29, 1.82) is 0 Å². The molecule has 1 aliphatic rings. The van der Waals surface area contributed by atoms with Gasteiger partial charge in [0.2, 0.25) is 0 Å². The first-order valence-electron chi connectivity index (χ1n) is 8.29. The number of hydrogen-bond donors (Lipinski definition) is 1. The van der Waals surface area contributed by atoms with E-state index in [9.17, 15) is 0 Å². The van der Waals surface area contributed by atoms with Crippen LogP contribution >= 0.6 is 11.3 Å². The van der Waals surface area contributed by atoms with Gasteiger partial charge in [-0.3, -0.25) is 0 Å². The number of nitrogens with zero attached hydrogens (tertiary/aromatic N) is 2. The summed E-state index contributed by atoms with van der Waals surface area (Å²) in [6, 6.07) is 0.488. The van der Waals surface area contributed by atoms with E-state index in [2.05, 4.69) is 50.5 Å². The first-order chi connectivity index (χ1) is 9.98. The molecule has 1 fully saturated rings. The molecule has 2 rings (SSSR count). The van der Waals surface area contributed by atoms with Gasteiger partial charge in [-0.15, -0.1) is 11.3 Å². The SMILES string of the molecule is CCNC(Cc1csc(C)n1)C1(N(C)C)CCCC(C)C1. The quantitative estimate of drug-likeness (QED) is 0.872. The van der Waals surface area contributed by atoms with Gasteiger partial charge in [0.05, 0.1) is 10.7 Å². The number of hydrogen-bond acceptors (Lipinski definition) is 4. The summed E-state index contributed by atoms with van der Waals surface area (Å²) >= 11 is 1.77. The van der Waals surface area contributed by atoms with Crippen LogP contribution in [0.4, 0.5) is 0 Å². The standard InChI is InChI=1S/C17H31N3S/c1-6-18-16(10-15-12-21-14(3)19-15)17(20(4)5)9-7-8-13(2)11-17/h12-13,16,18H,6-11H2,1-5H3. The third-order valence-electron chi connectivity index (χ3n) is 5.08.